The number of carboxylic acids is 1. The summed E-state index contributed by atoms with van der Waals surface area (Å²) < 4.78 is 2.06. The SMILES string of the molecule is Cc1ccc(-c2nc3cccc(C)n3c2CCC(=O)O)cc1C. The number of hydrogen-bond donors (Lipinski definition) is 1. The Morgan fingerprint density at radius 3 is 2.61 bits per heavy atom. The first-order valence-electron chi connectivity index (χ1n) is 7.73. The summed E-state index contributed by atoms with van der Waals surface area (Å²) in [5.74, 6) is -0.792. The molecular formula is C19H20N2O2. The maximum absolute atomic E-state index is 11.0. The molecule has 118 valence electrons. The van der Waals surface area contributed by atoms with E-state index < -0.39 is 5.97 Å². The molecule has 0 saturated carbocycles. The van der Waals surface area contributed by atoms with Crippen molar-refractivity contribution >= 4 is 11.6 Å². The van der Waals surface area contributed by atoms with Gasteiger partial charge in [0, 0.05) is 17.7 Å². The van der Waals surface area contributed by atoms with Crippen molar-refractivity contribution in [2.24, 2.45) is 0 Å². The Morgan fingerprint density at radius 2 is 1.91 bits per heavy atom. The van der Waals surface area contributed by atoms with Crippen LogP contribution in [0.25, 0.3) is 16.9 Å². The van der Waals surface area contributed by atoms with Gasteiger partial charge in [-0.2, -0.15) is 0 Å². The summed E-state index contributed by atoms with van der Waals surface area (Å²) in [6.45, 7) is 6.18. The molecule has 0 spiro atoms. The molecule has 1 aromatic carbocycles. The first kappa shape index (κ1) is 15.3. The molecule has 1 N–H and O–H groups in total. The van der Waals surface area contributed by atoms with E-state index >= 15 is 0 Å². The van der Waals surface area contributed by atoms with Gasteiger partial charge in [-0.05, 0) is 50.1 Å². The molecule has 0 aliphatic carbocycles. The molecule has 23 heavy (non-hydrogen) atoms. The third-order valence-electron chi connectivity index (χ3n) is 4.29. The van der Waals surface area contributed by atoms with Gasteiger partial charge < -0.3 is 9.51 Å². The van der Waals surface area contributed by atoms with E-state index in [2.05, 4.69) is 36.4 Å². The summed E-state index contributed by atoms with van der Waals surface area (Å²) in [6.07, 6.45) is 0.559. The zero-order valence-corrected chi connectivity index (χ0v) is 13.6. The number of rotatable bonds is 4. The largest absolute Gasteiger partial charge is 0.481 e. The van der Waals surface area contributed by atoms with Crippen LogP contribution in [0.3, 0.4) is 0 Å². The lowest BCUT2D eigenvalue weighted by Gasteiger charge is -2.08. The summed E-state index contributed by atoms with van der Waals surface area (Å²) in [4.78, 5) is 15.8. The molecule has 3 aromatic rings. The van der Waals surface area contributed by atoms with E-state index in [0.717, 1.165) is 28.3 Å². The Hall–Kier alpha value is -2.62. The van der Waals surface area contributed by atoms with Crippen molar-refractivity contribution in [1.82, 2.24) is 9.38 Å². The number of fused-ring (bicyclic) bond motifs is 1. The van der Waals surface area contributed by atoms with E-state index in [-0.39, 0.29) is 6.42 Å². The molecule has 0 radical (unpaired) electrons. The van der Waals surface area contributed by atoms with Gasteiger partial charge in [-0.3, -0.25) is 4.79 Å². The van der Waals surface area contributed by atoms with E-state index in [1.807, 2.05) is 25.1 Å². The number of nitrogens with zero attached hydrogens (tertiary/aromatic N) is 2. The van der Waals surface area contributed by atoms with Gasteiger partial charge in [-0.25, -0.2) is 4.98 Å². The number of carboxylic acid groups (broad SMARTS) is 1. The van der Waals surface area contributed by atoms with Crippen molar-refractivity contribution in [1.29, 1.82) is 0 Å². The number of carbonyl (C=O) groups is 1. The van der Waals surface area contributed by atoms with Crippen LogP contribution in [0.4, 0.5) is 0 Å². The Labute approximate surface area is 135 Å². The van der Waals surface area contributed by atoms with E-state index in [0.29, 0.717) is 6.42 Å². The van der Waals surface area contributed by atoms with E-state index in [4.69, 9.17) is 10.1 Å². The molecule has 0 unspecified atom stereocenters. The number of aliphatic carboxylic acids is 1. The molecule has 4 nitrogen and oxygen atoms in total. The summed E-state index contributed by atoms with van der Waals surface area (Å²) in [6, 6.07) is 12.2. The number of imidazole rings is 1. The molecule has 0 saturated heterocycles. The second kappa shape index (κ2) is 5.88. The number of hydrogen-bond acceptors (Lipinski definition) is 2. The minimum Gasteiger partial charge on any atom is -0.481 e. The van der Waals surface area contributed by atoms with Crippen LogP contribution < -0.4 is 0 Å². The van der Waals surface area contributed by atoms with Gasteiger partial charge in [-0.1, -0.05) is 18.2 Å². The van der Waals surface area contributed by atoms with Crippen LogP contribution in [0.1, 0.15) is 28.9 Å². The predicted molar refractivity (Wildman–Crippen MR) is 90.8 cm³/mol. The van der Waals surface area contributed by atoms with Crippen molar-refractivity contribution in [3.8, 4) is 11.3 Å². The minimum absolute atomic E-state index is 0.0972. The summed E-state index contributed by atoms with van der Waals surface area (Å²) in [7, 11) is 0. The molecule has 0 bridgehead atoms. The van der Waals surface area contributed by atoms with Crippen LogP contribution in [0, 0.1) is 20.8 Å². The topological polar surface area (TPSA) is 54.6 Å². The lowest BCUT2D eigenvalue weighted by atomic mass is 10.0. The normalized spacial score (nSPS) is 11.1. The molecule has 0 aliphatic heterocycles. The maximum atomic E-state index is 11.0. The summed E-state index contributed by atoms with van der Waals surface area (Å²) in [5.41, 5.74) is 7.24. The highest BCUT2D eigenvalue weighted by atomic mass is 16.4. The van der Waals surface area contributed by atoms with Gasteiger partial charge in [0.1, 0.15) is 5.65 Å². The third-order valence-corrected chi connectivity index (χ3v) is 4.29. The Kier molecular flexibility index (Phi) is 3.90. The second-order valence-corrected chi connectivity index (χ2v) is 5.96. The van der Waals surface area contributed by atoms with Gasteiger partial charge in [0.15, 0.2) is 0 Å². The van der Waals surface area contributed by atoms with Gasteiger partial charge in [0.2, 0.25) is 0 Å². The molecule has 2 aromatic heterocycles. The fourth-order valence-corrected chi connectivity index (χ4v) is 2.90. The fraction of sp³-hybridized carbons (Fsp3) is 0.263. The number of aromatic nitrogens is 2. The zero-order valence-electron chi connectivity index (χ0n) is 13.6. The van der Waals surface area contributed by atoms with Crippen LogP contribution in [0.2, 0.25) is 0 Å². The van der Waals surface area contributed by atoms with Crippen LogP contribution in [-0.2, 0) is 11.2 Å². The van der Waals surface area contributed by atoms with E-state index in [1.165, 1.54) is 11.1 Å². The van der Waals surface area contributed by atoms with Crippen molar-refractivity contribution in [3.05, 3.63) is 58.9 Å². The fourth-order valence-electron chi connectivity index (χ4n) is 2.90. The van der Waals surface area contributed by atoms with Gasteiger partial charge in [0.25, 0.3) is 0 Å². The molecule has 4 heteroatoms. The zero-order chi connectivity index (χ0) is 16.6. The standard InChI is InChI=1S/C19H20N2O2/c1-12-7-8-15(11-13(12)2)19-16(9-10-18(22)23)21-14(3)5-4-6-17(21)20-19/h4-8,11H,9-10H2,1-3H3,(H,22,23). The highest BCUT2D eigenvalue weighted by molar-refractivity contribution is 5.71. The molecule has 0 fully saturated rings. The second-order valence-electron chi connectivity index (χ2n) is 5.96. The van der Waals surface area contributed by atoms with Crippen molar-refractivity contribution in [2.75, 3.05) is 0 Å². The van der Waals surface area contributed by atoms with Gasteiger partial charge in [0.05, 0.1) is 17.8 Å². The van der Waals surface area contributed by atoms with Crippen LogP contribution in [-0.4, -0.2) is 20.5 Å². The lowest BCUT2D eigenvalue weighted by molar-refractivity contribution is -0.136. The van der Waals surface area contributed by atoms with E-state index in [1.54, 1.807) is 0 Å². The van der Waals surface area contributed by atoms with Crippen LogP contribution >= 0.6 is 0 Å². The minimum atomic E-state index is -0.792. The van der Waals surface area contributed by atoms with Crippen molar-refractivity contribution < 1.29 is 9.90 Å². The number of pyridine rings is 1. The molecule has 0 atom stereocenters. The molecule has 0 aliphatic rings. The Bertz CT molecular complexity index is 894. The van der Waals surface area contributed by atoms with Gasteiger partial charge >= 0.3 is 5.97 Å². The van der Waals surface area contributed by atoms with Crippen molar-refractivity contribution in [2.45, 2.75) is 33.6 Å². The van der Waals surface area contributed by atoms with Crippen LogP contribution in [0.15, 0.2) is 36.4 Å². The lowest BCUT2D eigenvalue weighted by Crippen LogP contribution is -2.03. The van der Waals surface area contributed by atoms with Crippen molar-refractivity contribution in [3.63, 3.8) is 0 Å². The number of aryl methyl sites for hydroxylation is 4. The molecule has 2 heterocycles. The summed E-state index contributed by atoms with van der Waals surface area (Å²) >= 11 is 0. The van der Waals surface area contributed by atoms with Crippen LogP contribution in [0.5, 0.6) is 0 Å². The average molecular weight is 308 g/mol. The Balaban J connectivity index is 2.22. The first-order chi connectivity index (χ1) is 11.0. The van der Waals surface area contributed by atoms with Gasteiger partial charge in [-0.15, -0.1) is 0 Å². The molecular weight excluding hydrogens is 288 g/mol. The maximum Gasteiger partial charge on any atom is 0.303 e. The third kappa shape index (κ3) is 2.84. The summed E-state index contributed by atoms with van der Waals surface area (Å²) in [5, 5.41) is 9.07. The quantitative estimate of drug-likeness (QED) is 0.794. The predicted octanol–water partition coefficient (Wildman–Crippen LogP) is 3.94. The highest BCUT2D eigenvalue weighted by Crippen LogP contribution is 2.28. The molecule has 0 amide bonds. The average Bonchev–Trinajstić information content (AvgIpc) is 2.88. The first-order valence-corrected chi connectivity index (χ1v) is 7.73. The highest BCUT2D eigenvalue weighted by Gasteiger charge is 2.16. The number of benzene rings is 1. The Morgan fingerprint density at radius 1 is 1.13 bits per heavy atom. The van der Waals surface area contributed by atoms with E-state index in [9.17, 15) is 4.79 Å². The smallest absolute Gasteiger partial charge is 0.303 e. The monoisotopic (exact) mass is 308 g/mol. The molecule has 3 rings (SSSR count).